The number of rotatable bonds is 16. The Morgan fingerprint density at radius 2 is 1.50 bits per heavy atom. The largest absolute Gasteiger partial charge is 0.484 e. The molecule has 0 aromatic heterocycles. The lowest BCUT2D eigenvalue weighted by Crippen LogP contribution is -2.38. The van der Waals surface area contributed by atoms with Crippen molar-refractivity contribution in [3.63, 3.8) is 0 Å². The van der Waals surface area contributed by atoms with Crippen LogP contribution in [0.15, 0.2) is 18.2 Å². The number of ketones is 1. The maximum atomic E-state index is 13.3. The summed E-state index contributed by atoms with van der Waals surface area (Å²) >= 11 is 0. The standard InChI is InChI=1S/C24H38N2O8/c1-5-7-10-24(32,6-2)23(31)19-9-8-18(33-16-21(29)25(3)11-13-27)15-20(19)34-17-22(30)26(4)12-14-28/h8-9,15,27-28,32H,5-7,10-14,16-17H2,1-4H3. The third-order valence-corrected chi connectivity index (χ3v) is 5.58. The predicted molar refractivity (Wildman–Crippen MR) is 126 cm³/mol. The van der Waals surface area contributed by atoms with Gasteiger partial charge < -0.3 is 34.6 Å². The van der Waals surface area contributed by atoms with E-state index < -0.39 is 23.9 Å². The Labute approximate surface area is 201 Å². The zero-order valence-electron chi connectivity index (χ0n) is 20.6. The van der Waals surface area contributed by atoms with Gasteiger partial charge in [0.05, 0.1) is 18.8 Å². The van der Waals surface area contributed by atoms with Gasteiger partial charge in [-0.1, -0.05) is 26.7 Å². The summed E-state index contributed by atoms with van der Waals surface area (Å²) < 4.78 is 11.2. The van der Waals surface area contributed by atoms with Gasteiger partial charge in [-0.2, -0.15) is 0 Å². The van der Waals surface area contributed by atoms with Gasteiger partial charge in [-0.25, -0.2) is 0 Å². The first kappa shape index (κ1) is 29.3. The van der Waals surface area contributed by atoms with Crippen molar-refractivity contribution in [3.8, 4) is 11.5 Å². The minimum atomic E-state index is -1.57. The molecule has 0 spiro atoms. The van der Waals surface area contributed by atoms with E-state index in [0.29, 0.717) is 12.8 Å². The highest BCUT2D eigenvalue weighted by atomic mass is 16.5. The molecule has 3 N–H and O–H groups in total. The first-order valence-electron chi connectivity index (χ1n) is 11.5. The molecule has 1 aromatic carbocycles. The molecule has 1 aromatic rings. The number of carbonyl (C=O) groups is 3. The average Bonchev–Trinajstić information content (AvgIpc) is 2.84. The minimum Gasteiger partial charge on any atom is -0.484 e. The van der Waals surface area contributed by atoms with Crippen molar-refractivity contribution >= 4 is 17.6 Å². The Bertz CT molecular complexity index is 816. The Hall–Kier alpha value is -2.69. The lowest BCUT2D eigenvalue weighted by Gasteiger charge is -2.26. The lowest BCUT2D eigenvalue weighted by molar-refractivity contribution is -0.133. The van der Waals surface area contributed by atoms with E-state index in [-0.39, 0.29) is 62.3 Å². The topological polar surface area (TPSA) is 137 Å². The van der Waals surface area contributed by atoms with Crippen molar-refractivity contribution in [2.75, 3.05) is 53.6 Å². The number of aliphatic hydroxyl groups is 3. The van der Waals surface area contributed by atoms with Crippen LogP contribution >= 0.6 is 0 Å². The molecule has 0 fully saturated rings. The molecule has 2 amide bonds. The fraction of sp³-hybridized carbons (Fsp3) is 0.625. The van der Waals surface area contributed by atoms with E-state index in [1.807, 2.05) is 6.92 Å². The number of hydrogen-bond acceptors (Lipinski definition) is 8. The highest BCUT2D eigenvalue weighted by molar-refractivity contribution is 6.04. The van der Waals surface area contributed by atoms with Crippen LogP contribution in [0.2, 0.25) is 0 Å². The molecular formula is C24H38N2O8. The van der Waals surface area contributed by atoms with Crippen molar-refractivity contribution < 1.29 is 39.2 Å². The second kappa shape index (κ2) is 14.5. The lowest BCUT2D eigenvalue weighted by atomic mass is 9.85. The van der Waals surface area contributed by atoms with Gasteiger partial charge in [-0.3, -0.25) is 14.4 Å². The van der Waals surface area contributed by atoms with Crippen molar-refractivity contribution in [1.82, 2.24) is 9.80 Å². The van der Waals surface area contributed by atoms with Crippen LogP contribution in [0.3, 0.4) is 0 Å². The van der Waals surface area contributed by atoms with Crippen LogP contribution in [0.4, 0.5) is 0 Å². The second-order valence-corrected chi connectivity index (χ2v) is 8.13. The normalized spacial score (nSPS) is 12.6. The van der Waals surface area contributed by atoms with Gasteiger partial charge in [-0.05, 0) is 25.0 Å². The van der Waals surface area contributed by atoms with E-state index in [2.05, 4.69) is 0 Å². The maximum Gasteiger partial charge on any atom is 0.260 e. The van der Waals surface area contributed by atoms with Crippen LogP contribution < -0.4 is 9.47 Å². The number of unbranched alkanes of at least 4 members (excludes halogenated alkanes) is 1. The molecule has 0 saturated heterocycles. The van der Waals surface area contributed by atoms with Gasteiger partial charge in [0.1, 0.15) is 17.1 Å². The Morgan fingerprint density at radius 1 is 0.941 bits per heavy atom. The zero-order valence-corrected chi connectivity index (χ0v) is 20.6. The van der Waals surface area contributed by atoms with E-state index in [4.69, 9.17) is 19.7 Å². The number of aliphatic hydroxyl groups excluding tert-OH is 2. The van der Waals surface area contributed by atoms with Crippen LogP contribution in [0.5, 0.6) is 11.5 Å². The summed E-state index contributed by atoms with van der Waals surface area (Å²) in [7, 11) is 3.05. The molecule has 1 atom stereocenters. The number of carbonyl (C=O) groups excluding carboxylic acids is 3. The van der Waals surface area contributed by atoms with E-state index in [9.17, 15) is 19.5 Å². The van der Waals surface area contributed by atoms with Gasteiger partial charge >= 0.3 is 0 Å². The molecule has 0 bridgehead atoms. The number of Topliss-reactive ketones (excluding diaryl/α,β-unsaturated/α-hetero) is 1. The van der Waals surface area contributed by atoms with Crippen molar-refractivity contribution in [2.45, 2.75) is 45.1 Å². The Balaban J connectivity index is 3.17. The summed E-state index contributed by atoms with van der Waals surface area (Å²) in [5, 5.41) is 29.0. The molecule has 34 heavy (non-hydrogen) atoms. The molecule has 0 radical (unpaired) electrons. The maximum absolute atomic E-state index is 13.3. The molecule has 10 heteroatoms. The molecule has 0 aliphatic carbocycles. The van der Waals surface area contributed by atoms with E-state index >= 15 is 0 Å². The number of ether oxygens (including phenoxy) is 2. The molecule has 0 saturated carbocycles. The molecule has 0 heterocycles. The predicted octanol–water partition coefficient (Wildman–Crippen LogP) is 0.860. The highest BCUT2D eigenvalue weighted by Gasteiger charge is 2.36. The third-order valence-electron chi connectivity index (χ3n) is 5.58. The fourth-order valence-electron chi connectivity index (χ4n) is 3.12. The van der Waals surface area contributed by atoms with Crippen LogP contribution in [-0.2, 0) is 9.59 Å². The molecule has 10 nitrogen and oxygen atoms in total. The Morgan fingerprint density at radius 3 is 2.00 bits per heavy atom. The van der Waals surface area contributed by atoms with E-state index in [0.717, 1.165) is 6.42 Å². The van der Waals surface area contributed by atoms with Gasteiger partial charge in [0.2, 0.25) is 0 Å². The Kier molecular flexibility index (Phi) is 12.6. The monoisotopic (exact) mass is 482 g/mol. The number of hydrogen-bond donors (Lipinski definition) is 3. The summed E-state index contributed by atoms with van der Waals surface area (Å²) in [4.78, 5) is 40.2. The number of amides is 2. The van der Waals surface area contributed by atoms with Gasteiger partial charge in [0.25, 0.3) is 11.8 Å². The first-order chi connectivity index (χ1) is 16.1. The minimum absolute atomic E-state index is 0.0489. The fourth-order valence-corrected chi connectivity index (χ4v) is 3.12. The SMILES string of the molecule is CCCCC(O)(CC)C(=O)c1ccc(OCC(=O)N(C)CCO)cc1OCC(=O)N(C)CCO. The molecule has 1 unspecified atom stereocenters. The van der Waals surface area contributed by atoms with Crippen molar-refractivity contribution in [1.29, 1.82) is 0 Å². The average molecular weight is 483 g/mol. The quantitative estimate of drug-likeness (QED) is 0.295. The summed E-state index contributed by atoms with van der Waals surface area (Å²) in [6.07, 6.45) is 1.99. The number of benzene rings is 1. The van der Waals surface area contributed by atoms with Gasteiger partial charge in [0.15, 0.2) is 19.0 Å². The number of nitrogens with zero attached hydrogens (tertiary/aromatic N) is 2. The first-order valence-corrected chi connectivity index (χ1v) is 11.5. The zero-order chi connectivity index (χ0) is 25.7. The summed E-state index contributed by atoms with van der Waals surface area (Å²) in [5.41, 5.74) is -1.47. The summed E-state index contributed by atoms with van der Waals surface area (Å²) in [5.74, 6) is -0.983. The molecule has 192 valence electrons. The van der Waals surface area contributed by atoms with Gasteiger partial charge in [-0.15, -0.1) is 0 Å². The van der Waals surface area contributed by atoms with Crippen LogP contribution in [0.1, 0.15) is 49.9 Å². The van der Waals surface area contributed by atoms with Crippen molar-refractivity contribution in [3.05, 3.63) is 23.8 Å². The smallest absolute Gasteiger partial charge is 0.260 e. The highest BCUT2D eigenvalue weighted by Crippen LogP contribution is 2.31. The summed E-state index contributed by atoms with van der Waals surface area (Å²) in [6.45, 7) is 2.94. The van der Waals surface area contributed by atoms with Gasteiger partial charge in [0, 0.05) is 33.3 Å². The molecule has 0 aliphatic heterocycles. The second-order valence-electron chi connectivity index (χ2n) is 8.13. The third kappa shape index (κ3) is 8.58. The number of likely N-dealkylation sites (N-methyl/N-ethyl adjacent to an activating group) is 2. The molecule has 0 aliphatic rings. The molecular weight excluding hydrogens is 444 g/mol. The van der Waals surface area contributed by atoms with E-state index in [1.54, 1.807) is 6.92 Å². The van der Waals surface area contributed by atoms with Crippen molar-refractivity contribution in [2.24, 2.45) is 0 Å². The van der Waals surface area contributed by atoms with Crippen LogP contribution in [-0.4, -0.2) is 102 Å². The van der Waals surface area contributed by atoms with Crippen LogP contribution in [0, 0.1) is 0 Å². The summed E-state index contributed by atoms with van der Waals surface area (Å²) in [6, 6.07) is 4.35. The van der Waals surface area contributed by atoms with Crippen LogP contribution in [0.25, 0.3) is 0 Å². The van der Waals surface area contributed by atoms with E-state index in [1.165, 1.54) is 42.1 Å². The molecule has 1 rings (SSSR count).